The molecule has 0 aliphatic heterocycles. The summed E-state index contributed by atoms with van der Waals surface area (Å²) in [5.74, 6) is 0.188. The Bertz CT molecular complexity index is 694. The number of anilines is 2. The molecule has 6 heteroatoms. The number of nitrogens with one attached hydrogen (secondary N) is 2. The molecule has 0 aliphatic carbocycles. The standard InChI is InChI=1S/C14H11ClN4O/c1-17-13-11(3-2-6-18-13)14(20)19-10-5-4-9(8-16)12(15)7-10/h2-7H,1H3,(H,17,18)(H,19,20). The Morgan fingerprint density at radius 2 is 2.20 bits per heavy atom. The second-order valence-electron chi connectivity index (χ2n) is 3.91. The van der Waals surface area contributed by atoms with Gasteiger partial charge in [-0.15, -0.1) is 0 Å². The highest BCUT2D eigenvalue weighted by atomic mass is 35.5. The molecule has 0 bridgehead atoms. The van der Waals surface area contributed by atoms with Crippen molar-refractivity contribution in [1.29, 1.82) is 5.26 Å². The molecule has 1 aromatic carbocycles. The molecule has 1 heterocycles. The van der Waals surface area contributed by atoms with Gasteiger partial charge in [0.2, 0.25) is 0 Å². The Morgan fingerprint density at radius 1 is 1.40 bits per heavy atom. The molecule has 100 valence electrons. The van der Waals surface area contributed by atoms with E-state index in [1.807, 2.05) is 6.07 Å². The average Bonchev–Trinajstić information content (AvgIpc) is 2.47. The summed E-state index contributed by atoms with van der Waals surface area (Å²) in [5.41, 5.74) is 1.31. The second kappa shape index (κ2) is 6.04. The third kappa shape index (κ3) is 2.87. The fourth-order valence-electron chi connectivity index (χ4n) is 1.67. The number of carbonyl (C=O) groups excluding carboxylic acids is 1. The van der Waals surface area contributed by atoms with E-state index in [0.29, 0.717) is 27.7 Å². The van der Waals surface area contributed by atoms with Crippen molar-refractivity contribution in [3.8, 4) is 6.07 Å². The van der Waals surface area contributed by atoms with E-state index in [9.17, 15) is 4.79 Å². The lowest BCUT2D eigenvalue weighted by atomic mass is 10.2. The lowest BCUT2D eigenvalue weighted by Crippen LogP contribution is -2.14. The van der Waals surface area contributed by atoms with Gasteiger partial charge in [0.25, 0.3) is 5.91 Å². The first-order valence-corrected chi connectivity index (χ1v) is 6.17. The number of hydrogen-bond donors (Lipinski definition) is 2. The first kappa shape index (κ1) is 13.8. The Kier molecular flexibility index (Phi) is 4.18. The quantitative estimate of drug-likeness (QED) is 0.909. The third-order valence-corrected chi connectivity index (χ3v) is 2.95. The van der Waals surface area contributed by atoms with Gasteiger partial charge in [0, 0.05) is 18.9 Å². The fraction of sp³-hybridized carbons (Fsp3) is 0.0714. The molecular weight excluding hydrogens is 276 g/mol. The lowest BCUT2D eigenvalue weighted by molar-refractivity contribution is 0.102. The van der Waals surface area contributed by atoms with Gasteiger partial charge in [0.1, 0.15) is 11.9 Å². The molecule has 2 rings (SSSR count). The molecule has 0 unspecified atom stereocenters. The smallest absolute Gasteiger partial charge is 0.259 e. The van der Waals surface area contributed by atoms with Crippen LogP contribution in [0.5, 0.6) is 0 Å². The number of benzene rings is 1. The van der Waals surface area contributed by atoms with Crippen LogP contribution < -0.4 is 10.6 Å². The summed E-state index contributed by atoms with van der Waals surface area (Å²) in [6.07, 6.45) is 1.60. The highest BCUT2D eigenvalue weighted by Crippen LogP contribution is 2.21. The van der Waals surface area contributed by atoms with Crippen molar-refractivity contribution >= 4 is 29.0 Å². The number of rotatable bonds is 3. The number of halogens is 1. The van der Waals surface area contributed by atoms with Gasteiger partial charge in [0.15, 0.2) is 0 Å². The van der Waals surface area contributed by atoms with Crippen molar-refractivity contribution in [2.75, 3.05) is 17.7 Å². The van der Waals surface area contributed by atoms with Gasteiger partial charge in [-0.05, 0) is 30.3 Å². The van der Waals surface area contributed by atoms with E-state index in [1.165, 1.54) is 6.07 Å². The van der Waals surface area contributed by atoms with Gasteiger partial charge < -0.3 is 10.6 Å². The van der Waals surface area contributed by atoms with Crippen molar-refractivity contribution in [2.24, 2.45) is 0 Å². The van der Waals surface area contributed by atoms with Gasteiger partial charge in [-0.25, -0.2) is 4.98 Å². The summed E-state index contributed by atoms with van der Waals surface area (Å²) in [6, 6.07) is 10.0. The van der Waals surface area contributed by atoms with Crippen LogP contribution in [0.2, 0.25) is 5.02 Å². The minimum Gasteiger partial charge on any atom is -0.372 e. The Balaban J connectivity index is 2.24. The number of amides is 1. The van der Waals surface area contributed by atoms with Crippen molar-refractivity contribution in [1.82, 2.24) is 4.98 Å². The van der Waals surface area contributed by atoms with Gasteiger partial charge in [-0.1, -0.05) is 11.6 Å². The normalized spacial score (nSPS) is 9.65. The van der Waals surface area contributed by atoms with E-state index >= 15 is 0 Å². The molecule has 1 aromatic heterocycles. The molecule has 0 radical (unpaired) electrons. The van der Waals surface area contributed by atoms with Gasteiger partial charge in [-0.3, -0.25) is 4.79 Å². The first-order chi connectivity index (χ1) is 9.65. The third-order valence-electron chi connectivity index (χ3n) is 2.64. The predicted molar refractivity (Wildman–Crippen MR) is 77.9 cm³/mol. The highest BCUT2D eigenvalue weighted by Gasteiger charge is 2.12. The van der Waals surface area contributed by atoms with Crippen LogP contribution in [0.3, 0.4) is 0 Å². The molecule has 0 aliphatic rings. The van der Waals surface area contributed by atoms with Crippen molar-refractivity contribution in [2.45, 2.75) is 0 Å². The maximum Gasteiger partial charge on any atom is 0.259 e. The number of pyridine rings is 1. The van der Waals surface area contributed by atoms with Crippen LogP contribution in [-0.2, 0) is 0 Å². The summed E-state index contributed by atoms with van der Waals surface area (Å²) < 4.78 is 0. The Morgan fingerprint density at radius 3 is 2.85 bits per heavy atom. The Hall–Kier alpha value is -2.58. The molecular formula is C14H11ClN4O. The summed E-state index contributed by atoms with van der Waals surface area (Å²) >= 11 is 5.92. The lowest BCUT2D eigenvalue weighted by Gasteiger charge is -2.09. The molecule has 2 N–H and O–H groups in total. The SMILES string of the molecule is CNc1ncccc1C(=O)Nc1ccc(C#N)c(Cl)c1. The molecule has 0 saturated carbocycles. The highest BCUT2D eigenvalue weighted by molar-refractivity contribution is 6.32. The maximum absolute atomic E-state index is 12.2. The van der Waals surface area contributed by atoms with Crippen LogP contribution in [0.25, 0.3) is 0 Å². The number of carbonyl (C=O) groups is 1. The number of aromatic nitrogens is 1. The minimum absolute atomic E-state index is 0.297. The molecule has 0 saturated heterocycles. The van der Waals surface area contributed by atoms with E-state index in [0.717, 1.165) is 0 Å². The van der Waals surface area contributed by atoms with E-state index in [4.69, 9.17) is 16.9 Å². The summed E-state index contributed by atoms with van der Waals surface area (Å²) in [5, 5.41) is 14.7. The van der Waals surface area contributed by atoms with E-state index in [2.05, 4.69) is 15.6 Å². The summed E-state index contributed by atoms with van der Waals surface area (Å²) in [4.78, 5) is 16.2. The largest absolute Gasteiger partial charge is 0.372 e. The fourth-order valence-corrected chi connectivity index (χ4v) is 1.89. The molecule has 1 amide bonds. The van der Waals surface area contributed by atoms with Crippen molar-refractivity contribution < 1.29 is 4.79 Å². The molecule has 2 aromatic rings. The molecule has 0 fully saturated rings. The number of nitrogens with zero attached hydrogens (tertiary/aromatic N) is 2. The van der Waals surface area contributed by atoms with Crippen LogP contribution in [0, 0.1) is 11.3 Å². The molecule has 0 atom stereocenters. The Labute approximate surface area is 121 Å². The van der Waals surface area contributed by atoms with Crippen LogP contribution in [-0.4, -0.2) is 17.9 Å². The van der Waals surface area contributed by atoms with Crippen molar-refractivity contribution in [3.63, 3.8) is 0 Å². The average molecular weight is 287 g/mol. The van der Waals surface area contributed by atoms with Crippen LogP contribution in [0.1, 0.15) is 15.9 Å². The van der Waals surface area contributed by atoms with Gasteiger partial charge >= 0.3 is 0 Å². The predicted octanol–water partition coefficient (Wildman–Crippen LogP) is 2.90. The van der Waals surface area contributed by atoms with E-state index < -0.39 is 0 Å². The van der Waals surface area contributed by atoms with E-state index in [1.54, 1.807) is 37.5 Å². The zero-order chi connectivity index (χ0) is 14.5. The topological polar surface area (TPSA) is 77.8 Å². The van der Waals surface area contributed by atoms with E-state index in [-0.39, 0.29) is 5.91 Å². The first-order valence-electron chi connectivity index (χ1n) is 5.79. The molecule has 20 heavy (non-hydrogen) atoms. The minimum atomic E-state index is -0.303. The monoisotopic (exact) mass is 286 g/mol. The van der Waals surface area contributed by atoms with Crippen LogP contribution in [0.15, 0.2) is 36.5 Å². The van der Waals surface area contributed by atoms with Crippen LogP contribution in [0.4, 0.5) is 11.5 Å². The summed E-state index contributed by atoms with van der Waals surface area (Å²) in [7, 11) is 1.69. The zero-order valence-corrected chi connectivity index (χ0v) is 11.4. The van der Waals surface area contributed by atoms with Crippen molar-refractivity contribution in [3.05, 3.63) is 52.7 Å². The second-order valence-corrected chi connectivity index (χ2v) is 4.32. The maximum atomic E-state index is 12.2. The van der Waals surface area contributed by atoms with Gasteiger partial charge in [0.05, 0.1) is 16.1 Å². The molecule has 5 nitrogen and oxygen atoms in total. The zero-order valence-electron chi connectivity index (χ0n) is 10.6. The van der Waals surface area contributed by atoms with Crippen LogP contribution >= 0.6 is 11.6 Å². The molecule has 0 spiro atoms. The number of hydrogen-bond acceptors (Lipinski definition) is 4. The van der Waals surface area contributed by atoms with Gasteiger partial charge in [-0.2, -0.15) is 5.26 Å². The summed E-state index contributed by atoms with van der Waals surface area (Å²) in [6.45, 7) is 0. The number of nitriles is 1.